The summed E-state index contributed by atoms with van der Waals surface area (Å²) in [4.78, 5) is 29.4. The van der Waals surface area contributed by atoms with Gasteiger partial charge in [-0.1, -0.05) is 0 Å². The van der Waals surface area contributed by atoms with E-state index in [2.05, 4.69) is 25.1 Å². The summed E-state index contributed by atoms with van der Waals surface area (Å²) < 4.78 is 14.0. The van der Waals surface area contributed by atoms with Crippen molar-refractivity contribution in [1.29, 1.82) is 0 Å². The number of carbonyl (C=O) groups excluding carboxylic acids is 1. The van der Waals surface area contributed by atoms with Gasteiger partial charge < -0.3 is 14.7 Å². The Morgan fingerprint density at radius 1 is 1.13 bits per heavy atom. The summed E-state index contributed by atoms with van der Waals surface area (Å²) >= 11 is 0. The van der Waals surface area contributed by atoms with Crippen molar-refractivity contribution in [2.45, 2.75) is 12.5 Å². The Balaban J connectivity index is 1.38. The highest BCUT2D eigenvalue weighted by Gasteiger charge is 2.44. The average molecular weight is 422 g/mol. The highest BCUT2D eigenvalue weighted by molar-refractivity contribution is 5.98. The fraction of sp³-hybridized carbons (Fsp3) is 0.381. The first-order valence-electron chi connectivity index (χ1n) is 10.2. The average Bonchev–Trinajstić information content (AvgIpc) is 3.29. The van der Waals surface area contributed by atoms with Gasteiger partial charge in [0.1, 0.15) is 23.8 Å². The largest absolute Gasteiger partial charge is 0.363 e. The van der Waals surface area contributed by atoms with Crippen molar-refractivity contribution in [2.75, 3.05) is 43.5 Å². The maximum absolute atomic E-state index is 14.0. The predicted octanol–water partition coefficient (Wildman–Crippen LogP) is 1.61. The van der Waals surface area contributed by atoms with Gasteiger partial charge in [0.25, 0.3) is 5.91 Å². The minimum absolute atomic E-state index is 0.183. The molecule has 2 aliphatic rings. The molecule has 2 aliphatic heterocycles. The molecule has 0 saturated carbocycles. The van der Waals surface area contributed by atoms with Crippen LogP contribution in [0.15, 0.2) is 43.0 Å². The van der Waals surface area contributed by atoms with Gasteiger partial charge in [-0.25, -0.2) is 14.4 Å². The van der Waals surface area contributed by atoms with Crippen molar-refractivity contribution in [1.82, 2.24) is 29.9 Å². The highest BCUT2D eigenvalue weighted by atomic mass is 19.1. The number of aromatic nitrogens is 5. The van der Waals surface area contributed by atoms with Gasteiger partial charge in [-0.2, -0.15) is 15.0 Å². The lowest BCUT2D eigenvalue weighted by molar-refractivity contribution is 0.0590. The molecule has 10 heteroatoms. The van der Waals surface area contributed by atoms with Gasteiger partial charge in [-0.15, -0.1) is 0 Å². The van der Waals surface area contributed by atoms with Gasteiger partial charge in [0, 0.05) is 45.7 Å². The Kier molecular flexibility index (Phi) is 4.76. The van der Waals surface area contributed by atoms with E-state index in [4.69, 9.17) is 0 Å². The molecule has 0 bridgehead atoms. The third-order valence-corrected chi connectivity index (χ3v) is 6.05. The number of carbonyl (C=O) groups is 1. The van der Waals surface area contributed by atoms with E-state index in [1.165, 1.54) is 35.4 Å². The molecule has 1 amide bonds. The van der Waals surface area contributed by atoms with Crippen molar-refractivity contribution in [2.24, 2.45) is 5.92 Å². The van der Waals surface area contributed by atoms with Crippen LogP contribution >= 0.6 is 0 Å². The molecule has 2 atom stereocenters. The number of amides is 1. The molecule has 2 aromatic heterocycles. The second-order valence-corrected chi connectivity index (χ2v) is 8.13. The second kappa shape index (κ2) is 7.60. The van der Waals surface area contributed by atoms with Gasteiger partial charge in [0.15, 0.2) is 0 Å². The second-order valence-electron chi connectivity index (χ2n) is 8.13. The minimum Gasteiger partial charge on any atom is -0.363 e. The molecule has 2 saturated heterocycles. The normalized spacial score (nSPS) is 20.2. The lowest BCUT2D eigenvalue weighted by Crippen LogP contribution is -2.65. The molecule has 0 spiro atoms. The molecule has 2 fully saturated rings. The summed E-state index contributed by atoms with van der Waals surface area (Å²) in [6, 6.07) is 6.26. The molecule has 0 aliphatic carbocycles. The zero-order valence-corrected chi connectivity index (χ0v) is 17.4. The maximum Gasteiger partial charge on any atom is 0.256 e. The number of anilines is 2. The summed E-state index contributed by atoms with van der Waals surface area (Å²) in [5.41, 5.74) is 0.730. The van der Waals surface area contributed by atoms with Crippen LogP contribution in [0.5, 0.6) is 0 Å². The van der Waals surface area contributed by atoms with Crippen LogP contribution in [0, 0.1) is 11.7 Å². The van der Waals surface area contributed by atoms with Crippen molar-refractivity contribution >= 4 is 17.5 Å². The number of hydrogen-bond donors (Lipinski definition) is 0. The fourth-order valence-electron chi connectivity index (χ4n) is 4.35. The Morgan fingerprint density at radius 3 is 2.71 bits per heavy atom. The Labute approximate surface area is 179 Å². The van der Waals surface area contributed by atoms with Crippen LogP contribution in [-0.2, 0) is 0 Å². The van der Waals surface area contributed by atoms with Crippen LogP contribution in [0.1, 0.15) is 16.8 Å². The summed E-state index contributed by atoms with van der Waals surface area (Å²) in [6.45, 7) is 2.12. The van der Waals surface area contributed by atoms with Gasteiger partial charge in [0.2, 0.25) is 0 Å². The van der Waals surface area contributed by atoms with Crippen LogP contribution in [0.3, 0.4) is 0 Å². The first-order chi connectivity index (χ1) is 15.0. The van der Waals surface area contributed by atoms with E-state index in [0.717, 1.165) is 24.6 Å². The molecule has 3 aromatic rings. The molecule has 1 aromatic carbocycles. The smallest absolute Gasteiger partial charge is 0.256 e. The number of nitrogens with zero attached hydrogens (tertiary/aromatic N) is 8. The van der Waals surface area contributed by atoms with E-state index in [9.17, 15) is 9.18 Å². The molecule has 31 heavy (non-hydrogen) atoms. The van der Waals surface area contributed by atoms with E-state index in [0.29, 0.717) is 24.7 Å². The molecule has 4 heterocycles. The molecule has 9 nitrogen and oxygen atoms in total. The number of piperidine rings is 1. The van der Waals surface area contributed by atoms with Crippen LogP contribution in [0.25, 0.3) is 5.69 Å². The number of rotatable bonds is 4. The standard InChI is InChI=1S/C21H23FN8O/c1-27(2)19-10-20(24-13-23-19)29-11-14-5-8-28(12-18(14)29)21(31)16-9-15(22)3-4-17(16)30-25-6-7-26-30/h3-4,6-7,9-10,13-14,18H,5,8,11-12H2,1-2H3/t14-,18-/m0/s1. The van der Waals surface area contributed by atoms with Crippen LogP contribution in [-0.4, -0.2) is 75.5 Å². The van der Waals surface area contributed by atoms with Crippen molar-refractivity contribution in [3.63, 3.8) is 0 Å². The summed E-state index contributed by atoms with van der Waals surface area (Å²) in [6.07, 6.45) is 5.53. The topological polar surface area (TPSA) is 83.3 Å². The third kappa shape index (κ3) is 3.47. The highest BCUT2D eigenvalue weighted by Crippen LogP contribution is 2.36. The fourth-order valence-corrected chi connectivity index (χ4v) is 4.35. The minimum atomic E-state index is -0.461. The van der Waals surface area contributed by atoms with Crippen molar-refractivity contribution in [3.05, 3.63) is 54.4 Å². The summed E-state index contributed by atoms with van der Waals surface area (Å²) in [7, 11) is 3.88. The lowest BCUT2D eigenvalue weighted by atomic mass is 9.82. The van der Waals surface area contributed by atoms with Crippen LogP contribution < -0.4 is 9.80 Å². The summed E-state index contributed by atoms with van der Waals surface area (Å²) in [5, 5.41) is 8.21. The van der Waals surface area contributed by atoms with E-state index in [1.54, 1.807) is 11.2 Å². The number of hydrogen-bond acceptors (Lipinski definition) is 7. The molecular formula is C21H23FN8O. The first-order valence-corrected chi connectivity index (χ1v) is 10.2. The van der Waals surface area contributed by atoms with Crippen LogP contribution in [0.4, 0.5) is 16.0 Å². The number of likely N-dealkylation sites (tertiary alicyclic amines) is 1. The maximum atomic E-state index is 14.0. The molecule has 5 rings (SSSR count). The number of benzene rings is 1. The SMILES string of the molecule is CN(C)c1cc(N2C[C@@H]3CCN(C(=O)c4cc(F)ccc4-n4nccn4)C[C@@H]32)ncn1. The Morgan fingerprint density at radius 2 is 1.94 bits per heavy atom. The molecule has 0 unspecified atom stereocenters. The van der Waals surface area contributed by atoms with E-state index in [-0.39, 0.29) is 17.5 Å². The molecular weight excluding hydrogens is 399 g/mol. The van der Waals surface area contributed by atoms with Crippen molar-refractivity contribution < 1.29 is 9.18 Å². The molecule has 160 valence electrons. The Hall–Kier alpha value is -3.56. The van der Waals surface area contributed by atoms with E-state index in [1.807, 2.05) is 25.1 Å². The van der Waals surface area contributed by atoms with E-state index < -0.39 is 5.82 Å². The predicted molar refractivity (Wildman–Crippen MR) is 113 cm³/mol. The summed E-state index contributed by atoms with van der Waals surface area (Å²) in [5.74, 6) is 1.54. The van der Waals surface area contributed by atoms with E-state index >= 15 is 0 Å². The van der Waals surface area contributed by atoms with Gasteiger partial charge in [0.05, 0.1) is 29.7 Å². The first kappa shape index (κ1) is 19.4. The van der Waals surface area contributed by atoms with Crippen molar-refractivity contribution in [3.8, 4) is 5.69 Å². The third-order valence-electron chi connectivity index (χ3n) is 6.05. The van der Waals surface area contributed by atoms with Gasteiger partial charge >= 0.3 is 0 Å². The quantitative estimate of drug-likeness (QED) is 0.632. The van der Waals surface area contributed by atoms with Crippen LogP contribution in [0.2, 0.25) is 0 Å². The Bertz CT molecular complexity index is 1100. The zero-order valence-electron chi connectivity index (χ0n) is 17.4. The van der Waals surface area contributed by atoms with Gasteiger partial charge in [-0.05, 0) is 24.6 Å². The lowest BCUT2D eigenvalue weighted by Gasteiger charge is -2.54. The molecule has 0 N–H and O–H groups in total. The zero-order chi connectivity index (χ0) is 21.5. The number of halogens is 1. The number of fused-ring (bicyclic) bond motifs is 1. The van der Waals surface area contributed by atoms with Gasteiger partial charge in [-0.3, -0.25) is 4.79 Å². The molecule has 0 radical (unpaired) electrons. The monoisotopic (exact) mass is 422 g/mol.